The molecule has 0 heterocycles. The number of aliphatic carboxylic acids is 1. The molecule has 0 fully saturated rings. The number of alkyl carbamates (subject to hydrolysis) is 1. The Labute approximate surface area is 200 Å². The van der Waals surface area contributed by atoms with Gasteiger partial charge < -0.3 is 20.5 Å². The average Bonchev–Trinajstić information content (AvgIpc) is 3.11. The Balaban J connectivity index is 1.51. The van der Waals surface area contributed by atoms with E-state index in [4.69, 9.17) is 9.84 Å². The standard InChI is InChI=1S/C27H34N2O5/c1-3-9-19(16-25(30)28-18(2)10-8-15-26(31)32)29-27(33)34-17-24-22-13-6-4-11-20(22)21-12-5-7-14-23(21)24/h4-7,11-14,18-19,24H,3,8-10,15-17H2,1-2H3,(H,28,30)(H,29,33)(H,31,32)/t18?,19-/m1/s1. The fourth-order valence-electron chi connectivity index (χ4n) is 4.57. The molecule has 3 N–H and O–H groups in total. The van der Waals surface area contributed by atoms with Crippen LogP contribution in [0.15, 0.2) is 48.5 Å². The highest BCUT2D eigenvalue weighted by Crippen LogP contribution is 2.44. The molecule has 0 aliphatic heterocycles. The van der Waals surface area contributed by atoms with Gasteiger partial charge in [-0.15, -0.1) is 0 Å². The van der Waals surface area contributed by atoms with Crippen LogP contribution >= 0.6 is 0 Å². The lowest BCUT2D eigenvalue weighted by atomic mass is 9.98. The van der Waals surface area contributed by atoms with Gasteiger partial charge in [0.25, 0.3) is 0 Å². The van der Waals surface area contributed by atoms with Crippen LogP contribution in [0.3, 0.4) is 0 Å². The quantitative estimate of drug-likeness (QED) is 0.415. The fourth-order valence-corrected chi connectivity index (χ4v) is 4.57. The smallest absolute Gasteiger partial charge is 0.407 e. The summed E-state index contributed by atoms with van der Waals surface area (Å²) in [5.74, 6) is -1.02. The summed E-state index contributed by atoms with van der Waals surface area (Å²) < 4.78 is 5.62. The van der Waals surface area contributed by atoms with Crippen LogP contribution in [-0.4, -0.2) is 41.8 Å². The van der Waals surface area contributed by atoms with Gasteiger partial charge in [-0.25, -0.2) is 4.79 Å². The largest absolute Gasteiger partial charge is 0.481 e. The van der Waals surface area contributed by atoms with Crippen LogP contribution in [0.25, 0.3) is 11.1 Å². The molecule has 0 aromatic heterocycles. The second-order valence-corrected chi connectivity index (χ2v) is 8.91. The minimum Gasteiger partial charge on any atom is -0.481 e. The summed E-state index contributed by atoms with van der Waals surface area (Å²) >= 11 is 0. The first kappa shape index (κ1) is 25.3. The topological polar surface area (TPSA) is 105 Å². The number of carboxylic acids is 1. The molecule has 0 saturated carbocycles. The molecule has 2 aromatic carbocycles. The zero-order valence-corrected chi connectivity index (χ0v) is 19.9. The number of carboxylic acid groups (broad SMARTS) is 1. The lowest BCUT2D eigenvalue weighted by Crippen LogP contribution is -2.41. The van der Waals surface area contributed by atoms with Crippen LogP contribution < -0.4 is 10.6 Å². The van der Waals surface area contributed by atoms with E-state index >= 15 is 0 Å². The molecule has 3 rings (SSSR count). The number of nitrogens with one attached hydrogen (secondary N) is 2. The van der Waals surface area contributed by atoms with Crippen LogP contribution in [0.1, 0.15) is 69.4 Å². The molecule has 1 unspecified atom stereocenters. The minimum atomic E-state index is -0.839. The highest BCUT2D eigenvalue weighted by Gasteiger charge is 2.29. The number of carbonyl (C=O) groups is 3. The number of amides is 2. The van der Waals surface area contributed by atoms with E-state index in [0.29, 0.717) is 19.3 Å². The molecule has 1 aliphatic rings. The van der Waals surface area contributed by atoms with Gasteiger partial charge in [-0.1, -0.05) is 61.9 Å². The SMILES string of the molecule is CCC[C@H](CC(=O)NC(C)CCCC(=O)O)NC(=O)OCC1c2ccccc2-c2ccccc21. The summed E-state index contributed by atoms with van der Waals surface area (Å²) in [7, 11) is 0. The van der Waals surface area contributed by atoms with E-state index in [1.165, 1.54) is 11.1 Å². The van der Waals surface area contributed by atoms with Gasteiger partial charge in [-0.3, -0.25) is 9.59 Å². The van der Waals surface area contributed by atoms with E-state index in [1.807, 2.05) is 38.1 Å². The fraction of sp³-hybridized carbons (Fsp3) is 0.444. The van der Waals surface area contributed by atoms with Gasteiger partial charge in [0.05, 0.1) is 0 Å². The predicted octanol–water partition coefficient (Wildman–Crippen LogP) is 4.84. The Hall–Kier alpha value is -3.35. The van der Waals surface area contributed by atoms with E-state index in [-0.39, 0.29) is 43.4 Å². The molecule has 0 radical (unpaired) electrons. The van der Waals surface area contributed by atoms with Crippen molar-refractivity contribution in [3.63, 3.8) is 0 Å². The van der Waals surface area contributed by atoms with Gasteiger partial charge in [0, 0.05) is 30.8 Å². The highest BCUT2D eigenvalue weighted by atomic mass is 16.5. The maximum Gasteiger partial charge on any atom is 0.407 e. The first-order valence-electron chi connectivity index (χ1n) is 12.0. The number of fused-ring (bicyclic) bond motifs is 3. The number of hydrogen-bond donors (Lipinski definition) is 3. The Bertz CT molecular complexity index is 961. The van der Waals surface area contributed by atoms with Crippen molar-refractivity contribution in [2.75, 3.05) is 6.61 Å². The summed E-state index contributed by atoms with van der Waals surface area (Å²) in [5.41, 5.74) is 4.64. The molecular weight excluding hydrogens is 432 g/mol. The van der Waals surface area contributed by atoms with Crippen molar-refractivity contribution < 1.29 is 24.2 Å². The van der Waals surface area contributed by atoms with E-state index in [2.05, 4.69) is 34.9 Å². The number of hydrogen-bond acceptors (Lipinski definition) is 4. The third-order valence-corrected chi connectivity index (χ3v) is 6.17. The molecule has 2 amide bonds. The third kappa shape index (κ3) is 6.83. The number of carbonyl (C=O) groups excluding carboxylic acids is 2. The maximum absolute atomic E-state index is 12.6. The van der Waals surface area contributed by atoms with Gasteiger partial charge in [0.15, 0.2) is 0 Å². The predicted molar refractivity (Wildman–Crippen MR) is 131 cm³/mol. The van der Waals surface area contributed by atoms with Gasteiger partial charge in [-0.2, -0.15) is 0 Å². The molecule has 7 heteroatoms. The van der Waals surface area contributed by atoms with E-state index in [0.717, 1.165) is 17.5 Å². The zero-order valence-electron chi connectivity index (χ0n) is 19.9. The van der Waals surface area contributed by atoms with Crippen LogP contribution in [0, 0.1) is 0 Å². The Morgan fingerprint density at radius 2 is 1.59 bits per heavy atom. The van der Waals surface area contributed by atoms with Crippen molar-refractivity contribution in [3.8, 4) is 11.1 Å². The van der Waals surface area contributed by atoms with Crippen LogP contribution in [0.4, 0.5) is 4.79 Å². The van der Waals surface area contributed by atoms with Gasteiger partial charge in [0.1, 0.15) is 6.61 Å². The van der Waals surface area contributed by atoms with Crippen molar-refractivity contribution in [2.45, 2.75) is 70.4 Å². The molecule has 34 heavy (non-hydrogen) atoms. The van der Waals surface area contributed by atoms with Gasteiger partial charge in [0.2, 0.25) is 5.91 Å². The van der Waals surface area contributed by atoms with Crippen LogP contribution in [0.5, 0.6) is 0 Å². The van der Waals surface area contributed by atoms with Gasteiger partial charge in [-0.05, 0) is 48.4 Å². The van der Waals surface area contributed by atoms with Crippen molar-refractivity contribution in [1.82, 2.24) is 10.6 Å². The highest BCUT2D eigenvalue weighted by molar-refractivity contribution is 5.79. The molecule has 1 aliphatic carbocycles. The first-order chi connectivity index (χ1) is 16.4. The van der Waals surface area contributed by atoms with Crippen molar-refractivity contribution >= 4 is 18.0 Å². The van der Waals surface area contributed by atoms with Crippen LogP contribution in [-0.2, 0) is 14.3 Å². The summed E-state index contributed by atoms with van der Waals surface area (Å²) in [5, 5.41) is 14.5. The Kier molecular flexibility index (Phi) is 9.08. The van der Waals surface area contributed by atoms with Crippen LogP contribution in [0.2, 0.25) is 0 Å². The molecule has 0 saturated heterocycles. The second-order valence-electron chi connectivity index (χ2n) is 8.91. The Morgan fingerprint density at radius 1 is 0.971 bits per heavy atom. The molecule has 182 valence electrons. The molecule has 2 aromatic rings. The number of ether oxygens (including phenoxy) is 1. The van der Waals surface area contributed by atoms with Gasteiger partial charge >= 0.3 is 12.1 Å². The number of rotatable bonds is 12. The summed E-state index contributed by atoms with van der Waals surface area (Å²) in [6, 6.07) is 15.9. The Morgan fingerprint density at radius 3 is 2.18 bits per heavy atom. The summed E-state index contributed by atoms with van der Waals surface area (Å²) in [6.45, 7) is 4.08. The lowest BCUT2D eigenvalue weighted by molar-refractivity contribution is -0.137. The minimum absolute atomic E-state index is 0.0160. The van der Waals surface area contributed by atoms with E-state index in [9.17, 15) is 14.4 Å². The molecular formula is C27H34N2O5. The average molecular weight is 467 g/mol. The number of benzene rings is 2. The molecule has 0 bridgehead atoms. The third-order valence-electron chi connectivity index (χ3n) is 6.17. The van der Waals surface area contributed by atoms with E-state index < -0.39 is 12.1 Å². The maximum atomic E-state index is 12.6. The molecule has 7 nitrogen and oxygen atoms in total. The zero-order chi connectivity index (χ0) is 24.5. The second kappa shape index (κ2) is 12.2. The van der Waals surface area contributed by atoms with Crippen molar-refractivity contribution in [3.05, 3.63) is 59.7 Å². The normalized spacial score (nSPS) is 13.9. The van der Waals surface area contributed by atoms with Crippen molar-refractivity contribution in [1.29, 1.82) is 0 Å². The first-order valence-corrected chi connectivity index (χ1v) is 12.0. The summed E-state index contributed by atoms with van der Waals surface area (Å²) in [6.07, 6.45) is 2.29. The molecule has 2 atom stereocenters. The molecule has 0 spiro atoms. The van der Waals surface area contributed by atoms with Crippen molar-refractivity contribution in [2.24, 2.45) is 0 Å². The summed E-state index contributed by atoms with van der Waals surface area (Å²) in [4.78, 5) is 35.7. The monoisotopic (exact) mass is 466 g/mol. The van der Waals surface area contributed by atoms with E-state index in [1.54, 1.807) is 0 Å². The lowest BCUT2D eigenvalue weighted by Gasteiger charge is -2.20.